The van der Waals surface area contributed by atoms with Crippen LogP contribution in [0.1, 0.15) is 31.9 Å². The summed E-state index contributed by atoms with van der Waals surface area (Å²) in [5, 5.41) is 10.9. The molecule has 0 unspecified atom stereocenters. The Morgan fingerprint density at radius 3 is 2.56 bits per heavy atom. The van der Waals surface area contributed by atoms with E-state index in [2.05, 4.69) is 32.2 Å². The van der Waals surface area contributed by atoms with Gasteiger partial charge in [-0.3, -0.25) is 0 Å². The molecule has 0 aliphatic carbocycles. The molecule has 2 N–H and O–H groups in total. The minimum Gasteiger partial charge on any atom is -0.496 e. The Balaban J connectivity index is 2.89. The van der Waals surface area contributed by atoms with E-state index < -0.39 is 6.09 Å². The second-order valence-corrected chi connectivity index (χ2v) is 5.26. The fourth-order valence-electron chi connectivity index (χ4n) is 1.74. The van der Waals surface area contributed by atoms with E-state index in [0.717, 1.165) is 11.3 Å². The second-order valence-electron chi connectivity index (χ2n) is 5.26. The Kier molecular flexibility index (Phi) is 4.59. The maximum Gasteiger partial charge on any atom is 0.404 e. The molecule has 1 aromatic rings. The third-order valence-corrected chi connectivity index (χ3v) is 2.82. The Hall–Kier alpha value is -1.71. The molecule has 0 heterocycles. The van der Waals surface area contributed by atoms with Crippen molar-refractivity contribution < 1.29 is 14.6 Å². The van der Waals surface area contributed by atoms with Gasteiger partial charge in [-0.1, -0.05) is 32.9 Å². The summed E-state index contributed by atoms with van der Waals surface area (Å²) in [5.74, 6) is 0.801. The molecule has 4 heteroatoms. The van der Waals surface area contributed by atoms with Gasteiger partial charge in [0.05, 0.1) is 7.11 Å². The number of carbonyl (C=O) groups is 1. The molecule has 100 valence electrons. The third-order valence-electron chi connectivity index (χ3n) is 2.82. The number of hydrogen-bond donors (Lipinski definition) is 2. The number of hydrogen-bond acceptors (Lipinski definition) is 2. The molecule has 0 fully saturated rings. The molecular formula is C14H21NO3. The van der Waals surface area contributed by atoms with Gasteiger partial charge in [-0.2, -0.15) is 0 Å². The molecule has 0 saturated carbocycles. The first-order chi connectivity index (χ1) is 8.34. The van der Waals surface area contributed by atoms with E-state index in [1.807, 2.05) is 12.1 Å². The Bertz CT molecular complexity index is 422. The highest BCUT2D eigenvalue weighted by molar-refractivity contribution is 5.64. The summed E-state index contributed by atoms with van der Waals surface area (Å²) in [7, 11) is 1.63. The molecule has 0 aliphatic heterocycles. The van der Waals surface area contributed by atoms with Crippen molar-refractivity contribution in [2.45, 2.75) is 32.6 Å². The maximum atomic E-state index is 10.4. The van der Waals surface area contributed by atoms with Crippen molar-refractivity contribution in [2.24, 2.45) is 0 Å². The average Bonchev–Trinajstić information content (AvgIpc) is 2.27. The van der Waals surface area contributed by atoms with Crippen LogP contribution in [0.4, 0.5) is 4.79 Å². The van der Waals surface area contributed by atoms with Gasteiger partial charge in [-0.15, -0.1) is 0 Å². The quantitative estimate of drug-likeness (QED) is 0.865. The molecule has 1 amide bonds. The molecule has 0 bridgehead atoms. The number of nitrogens with one attached hydrogen (secondary N) is 1. The minimum absolute atomic E-state index is 0.0707. The van der Waals surface area contributed by atoms with Crippen molar-refractivity contribution in [2.75, 3.05) is 13.7 Å². The molecule has 0 aliphatic rings. The number of ether oxygens (including phenoxy) is 1. The lowest BCUT2D eigenvalue weighted by molar-refractivity contribution is 0.194. The van der Waals surface area contributed by atoms with Gasteiger partial charge >= 0.3 is 6.09 Å². The lowest BCUT2D eigenvalue weighted by atomic mass is 9.85. The summed E-state index contributed by atoms with van der Waals surface area (Å²) in [6, 6.07) is 6.08. The smallest absolute Gasteiger partial charge is 0.404 e. The van der Waals surface area contributed by atoms with E-state index in [9.17, 15) is 4.79 Å². The molecule has 0 radical (unpaired) electrons. The van der Waals surface area contributed by atoms with Crippen LogP contribution in [0.3, 0.4) is 0 Å². The van der Waals surface area contributed by atoms with Gasteiger partial charge in [0, 0.05) is 6.54 Å². The van der Waals surface area contributed by atoms with Gasteiger partial charge in [0.2, 0.25) is 0 Å². The Morgan fingerprint density at radius 1 is 1.39 bits per heavy atom. The SMILES string of the molecule is COc1ccc(C(C)(C)C)cc1CCNC(=O)O. The van der Waals surface area contributed by atoms with E-state index in [-0.39, 0.29) is 5.41 Å². The van der Waals surface area contributed by atoms with Crippen LogP contribution >= 0.6 is 0 Å². The molecule has 0 aromatic heterocycles. The number of benzene rings is 1. The van der Waals surface area contributed by atoms with Crippen LogP contribution < -0.4 is 10.1 Å². The summed E-state index contributed by atoms with van der Waals surface area (Å²) in [5.41, 5.74) is 2.31. The maximum absolute atomic E-state index is 10.4. The Labute approximate surface area is 108 Å². The van der Waals surface area contributed by atoms with Crippen molar-refractivity contribution >= 4 is 6.09 Å². The molecule has 1 rings (SSSR count). The largest absolute Gasteiger partial charge is 0.496 e. The zero-order valence-corrected chi connectivity index (χ0v) is 11.4. The lowest BCUT2D eigenvalue weighted by Crippen LogP contribution is -2.23. The van der Waals surface area contributed by atoms with Gasteiger partial charge in [0.15, 0.2) is 0 Å². The predicted octanol–water partition coefficient (Wildman–Crippen LogP) is 2.80. The summed E-state index contributed by atoms with van der Waals surface area (Å²) in [6.07, 6.45) is -0.375. The van der Waals surface area contributed by atoms with Crippen molar-refractivity contribution in [3.8, 4) is 5.75 Å². The predicted molar refractivity (Wildman–Crippen MR) is 71.4 cm³/mol. The van der Waals surface area contributed by atoms with Gasteiger partial charge < -0.3 is 15.2 Å². The number of amides is 1. The number of rotatable bonds is 4. The zero-order chi connectivity index (χ0) is 13.8. The Morgan fingerprint density at radius 2 is 2.06 bits per heavy atom. The minimum atomic E-state index is -0.999. The van der Waals surface area contributed by atoms with Crippen LogP contribution in [0.15, 0.2) is 18.2 Å². The number of carboxylic acid groups (broad SMARTS) is 1. The molecule has 4 nitrogen and oxygen atoms in total. The van der Waals surface area contributed by atoms with Crippen LogP contribution in [0.25, 0.3) is 0 Å². The fourth-order valence-corrected chi connectivity index (χ4v) is 1.74. The first-order valence-electron chi connectivity index (χ1n) is 5.99. The van der Waals surface area contributed by atoms with Crippen molar-refractivity contribution in [1.82, 2.24) is 5.32 Å². The molecule has 0 atom stereocenters. The zero-order valence-electron chi connectivity index (χ0n) is 11.4. The summed E-state index contributed by atoms with van der Waals surface area (Å²) in [6.45, 7) is 6.83. The molecule has 1 aromatic carbocycles. The molecule has 0 spiro atoms. The molecule has 18 heavy (non-hydrogen) atoms. The van der Waals surface area contributed by atoms with Crippen LogP contribution in [0, 0.1) is 0 Å². The van der Waals surface area contributed by atoms with Crippen molar-refractivity contribution in [3.05, 3.63) is 29.3 Å². The van der Waals surface area contributed by atoms with E-state index in [1.165, 1.54) is 5.56 Å². The van der Waals surface area contributed by atoms with E-state index in [1.54, 1.807) is 7.11 Å². The monoisotopic (exact) mass is 251 g/mol. The van der Waals surface area contributed by atoms with Gasteiger partial charge in [-0.05, 0) is 29.0 Å². The first-order valence-corrected chi connectivity index (χ1v) is 5.99. The first kappa shape index (κ1) is 14.4. The van der Waals surface area contributed by atoms with Crippen LogP contribution in [-0.4, -0.2) is 24.9 Å². The summed E-state index contributed by atoms with van der Waals surface area (Å²) >= 11 is 0. The average molecular weight is 251 g/mol. The standard InChI is InChI=1S/C14H21NO3/c1-14(2,3)11-5-6-12(18-4)10(9-11)7-8-15-13(16)17/h5-6,9,15H,7-8H2,1-4H3,(H,16,17). The topological polar surface area (TPSA) is 58.6 Å². The summed E-state index contributed by atoms with van der Waals surface area (Å²) in [4.78, 5) is 10.4. The molecular weight excluding hydrogens is 230 g/mol. The normalized spacial score (nSPS) is 11.1. The van der Waals surface area contributed by atoms with Gasteiger partial charge in [0.25, 0.3) is 0 Å². The van der Waals surface area contributed by atoms with Gasteiger partial charge in [-0.25, -0.2) is 4.79 Å². The van der Waals surface area contributed by atoms with Crippen LogP contribution in [0.2, 0.25) is 0 Å². The second kappa shape index (κ2) is 5.76. The van der Waals surface area contributed by atoms with Crippen LogP contribution in [0.5, 0.6) is 5.75 Å². The number of methoxy groups -OCH3 is 1. The third kappa shape index (κ3) is 3.95. The van der Waals surface area contributed by atoms with E-state index in [4.69, 9.17) is 9.84 Å². The van der Waals surface area contributed by atoms with Crippen molar-refractivity contribution in [3.63, 3.8) is 0 Å². The van der Waals surface area contributed by atoms with Crippen molar-refractivity contribution in [1.29, 1.82) is 0 Å². The van der Waals surface area contributed by atoms with E-state index >= 15 is 0 Å². The van der Waals surface area contributed by atoms with E-state index in [0.29, 0.717) is 13.0 Å². The fraction of sp³-hybridized carbons (Fsp3) is 0.500. The highest BCUT2D eigenvalue weighted by atomic mass is 16.5. The highest BCUT2D eigenvalue weighted by Crippen LogP contribution is 2.28. The van der Waals surface area contributed by atoms with Gasteiger partial charge in [0.1, 0.15) is 5.75 Å². The lowest BCUT2D eigenvalue weighted by Gasteiger charge is -2.21. The highest BCUT2D eigenvalue weighted by Gasteiger charge is 2.15. The summed E-state index contributed by atoms with van der Waals surface area (Å²) < 4.78 is 5.30. The van der Waals surface area contributed by atoms with Crippen LogP contribution in [-0.2, 0) is 11.8 Å². The molecule has 0 saturated heterocycles.